The molecule has 0 bridgehead atoms. The molecule has 33 valence electrons. The van der Waals surface area contributed by atoms with Gasteiger partial charge in [0.2, 0.25) is 6.19 Å². The summed E-state index contributed by atoms with van der Waals surface area (Å²) in [5.41, 5.74) is 0. The van der Waals surface area contributed by atoms with Crippen LogP contribution in [0.2, 0.25) is 0 Å². The Kier molecular flexibility index (Phi) is 0.755. The van der Waals surface area contributed by atoms with Gasteiger partial charge in [0.25, 0.3) is 0 Å². The maximum absolute atomic E-state index is 8.01. The van der Waals surface area contributed by atoms with Gasteiger partial charge in [0, 0.05) is 0 Å². The van der Waals surface area contributed by atoms with Gasteiger partial charge in [0.1, 0.15) is 6.20 Å². The van der Waals surface area contributed by atoms with Crippen molar-refractivity contribution in [2.24, 2.45) is 0 Å². The fourth-order valence-electron chi connectivity index (χ4n) is 0.233. The molecule has 1 rings (SSSR count). The summed E-state index contributed by atoms with van der Waals surface area (Å²) >= 11 is 0. The Bertz CT molecular complexity index is 169. The predicted octanol–water partition coefficient (Wildman–Crippen LogP) is -0.593. The molecule has 0 aromatic carbocycles. The molecule has 0 saturated heterocycles. The number of aromatic nitrogens is 3. The molecule has 4 heteroatoms. The van der Waals surface area contributed by atoms with Crippen LogP contribution in [-0.2, 0) is 0 Å². The van der Waals surface area contributed by atoms with E-state index in [-0.39, 0.29) is 0 Å². The summed E-state index contributed by atoms with van der Waals surface area (Å²) < 4.78 is 0.944. The third-order valence-electron chi connectivity index (χ3n) is 0.474. The largest absolute Gasteiger partial charge is 0.208 e. The minimum atomic E-state index is 0.944. The zero-order chi connectivity index (χ0) is 5.11. The van der Waals surface area contributed by atoms with E-state index in [0.717, 1.165) is 4.68 Å². The summed E-state index contributed by atoms with van der Waals surface area (Å²) in [6, 6.07) is 0. The molecule has 0 saturated carbocycles. The summed E-state index contributed by atoms with van der Waals surface area (Å²) in [7, 11) is 0. The van der Waals surface area contributed by atoms with E-state index in [4.69, 9.17) is 5.26 Å². The van der Waals surface area contributed by atoms with Gasteiger partial charge in [0.15, 0.2) is 0 Å². The molecule has 1 aromatic rings. The smallest absolute Gasteiger partial charge is 0.170 e. The van der Waals surface area contributed by atoms with Gasteiger partial charge < -0.3 is 0 Å². The second-order valence-electron chi connectivity index (χ2n) is 0.875. The lowest BCUT2D eigenvalue weighted by atomic mass is 10.9. The highest BCUT2D eigenvalue weighted by Gasteiger charge is 1.80. The van der Waals surface area contributed by atoms with E-state index >= 15 is 0 Å². The van der Waals surface area contributed by atoms with Gasteiger partial charge in [-0.3, -0.25) is 0 Å². The first kappa shape index (κ1) is 3.81. The normalized spacial score (nSPS) is 7.86. The average Bonchev–Trinajstić information content (AvgIpc) is 2.14. The number of nitriles is 1. The van der Waals surface area contributed by atoms with Gasteiger partial charge in [-0.1, -0.05) is 5.21 Å². The first-order valence-corrected chi connectivity index (χ1v) is 1.62. The molecule has 0 spiro atoms. The van der Waals surface area contributed by atoms with Crippen molar-refractivity contribution in [3.63, 3.8) is 0 Å². The lowest BCUT2D eigenvalue weighted by molar-refractivity contribution is 0.812. The number of rotatable bonds is 0. The molecule has 0 N–H and O–H groups in total. The van der Waals surface area contributed by atoms with Crippen molar-refractivity contribution in [1.82, 2.24) is 15.0 Å². The third kappa shape index (κ3) is 0.550. The summed E-state index contributed by atoms with van der Waals surface area (Å²) in [6.07, 6.45) is 5.44. The molecule has 7 heavy (non-hydrogen) atoms. The summed E-state index contributed by atoms with van der Waals surface area (Å²) in [6.45, 7) is 0. The zero-order valence-electron chi connectivity index (χ0n) is 3.37. The van der Waals surface area contributed by atoms with Crippen molar-refractivity contribution in [2.75, 3.05) is 0 Å². The van der Waals surface area contributed by atoms with E-state index in [1.165, 1.54) is 6.20 Å². The highest BCUT2D eigenvalue weighted by atomic mass is 15.4. The minimum absolute atomic E-state index is 0.944. The van der Waals surface area contributed by atoms with Gasteiger partial charge in [-0.2, -0.15) is 5.26 Å². The second kappa shape index (κ2) is 1.39. The molecule has 0 atom stereocenters. The monoisotopic (exact) mass is 93.0 g/mol. The topological polar surface area (TPSA) is 54.5 Å². The zero-order valence-corrected chi connectivity index (χ0v) is 3.37. The van der Waals surface area contributed by atoms with Gasteiger partial charge in [-0.05, 0) is 0 Å². The van der Waals surface area contributed by atoms with E-state index < -0.39 is 0 Å². The number of nitrogens with zero attached hydrogens (tertiary/aromatic N) is 4. The van der Waals surface area contributed by atoms with Gasteiger partial charge in [0.05, 0.1) is 6.20 Å². The summed E-state index contributed by atoms with van der Waals surface area (Å²) in [5.74, 6) is 0. The quantitative estimate of drug-likeness (QED) is 0.430. The summed E-state index contributed by atoms with van der Waals surface area (Å²) in [5, 5.41) is 14.6. The number of hydrogen-bond donors (Lipinski definition) is 0. The van der Waals surface area contributed by atoms with Crippen LogP contribution in [0.3, 0.4) is 0 Å². The van der Waals surface area contributed by atoms with E-state index in [0.29, 0.717) is 0 Å². The Morgan fingerprint density at radius 3 is 3.00 bits per heavy atom. The van der Waals surface area contributed by atoms with E-state index in [2.05, 4.69) is 16.5 Å². The van der Waals surface area contributed by atoms with Crippen LogP contribution in [0.1, 0.15) is 0 Å². The lowest BCUT2D eigenvalue weighted by Crippen LogP contribution is -1.86. The molecular formula is C3HN4. The van der Waals surface area contributed by atoms with Crippen LogP contribution < -0.4 is 0 Å². The molecule has 1 radical (unpaired) electrons. The van der Waals surface area contributed by atoms with Crippen molar-refractivity contribution >= 4 is 0 Å². The molecule has 0 aliphatic heterocycles. The first-order chi connectivity index (χ1) is 3.43. The molecule has 4 nitrogen and oxygen atoms in total. The van der Waals surface area contributed by atoms with Crippen molar-refractivity contribution in [2.45, 2.75) is 0 Å². The fourth-order valence-corrected chi connectivity index (χ4v) is 0.233. The molecule has 1 aromatic heterocycles. The maximum atomic E-state index is 8.01. The fraction of sp³-hybridized carbons (Fsp3) is 0. The Balaban J connectivity index is 3.04. The Hall–Kier alpha value is -1.37. The lowest BCUT2D eigenvalue weighted by Gasteiger charge is -1.68. The van der Waals surface area contributed by atoms with E-state index in [1.807, 2.05) is 0 Å². The highest BCUT2D eigenvalue weighted by Crippen LogP contribution is 1.67. The van der Waals surface area contributed by atoms with Gasteiger partial charge in [-0.15, -0.1) is 9.78 Å². The van der Waals surface area contributed by atoms with Crippen molar-refractivity contribution in [1.29, 1.82) is 5.26 Å². The summed E-state index contributed by atoms with van der Waals surface area (Å²) in [4.78, 5) is 0. The average molecular weight is 93.1 g/mol. The molecule has 1 heterocycles. The SMILES string of the molecule is N#Cn1[c]cnn1. The van der Waals surface area contributed by atoms with Crippen LogP contribution in [-0.4, -0.2) is 15.0 Å². The van der Waals surface area contributed by atoms with Crippen LogP contribution in [0.25, 0.3) is 0 Å². The predicted molar refractivity (Wildman–Crippen MR) is 19.9 cm³/mol. The van der Waals surface area contributed by atoms with Crippen LogP contribution in [0.5, 0.6) is 0 Å². The van der Waals surface area contributed by atoms with Crippen molar-refractivity contribution in [3.05, 3.63) is 12.4 Å². The molecular weight excluding hydrogens is 92.1 g/mol. The third-order valence-corrected chi connectivity index (χ3v) is 0.474. The van der Waals surface area contributed by atoms with Crippen LogP contribution in [0.4, 0.5) is 0 Å². The van der Waals surface area contributed by atoms with E-state index in [1.54, 1.807) is 6.19 Å². The molecule has 0 aliphatic carbocycles. The molecule has 0 fully saturated rings. The standard InChI is InChI=1S/C3HN4/c4-3-7-2-1-5-6-7/h1H. The van der Waals surface area contributed by atoms with Gasteiger partial charge >= 0.3 is 0 Å². The number of hydrogen-bond acceptors (Lipinski definition) is 3. The van der Waals surface area contributed by atoms with Crippen LogP contribution >= 0.6 is 0 Å². The van der Waals surface area contributed by atoms with E-state index in [9.17, 15) is 0 Å². The minimum Gasteiger partial charge on any atom is -0.170 e. The Labute approximate surface area is 40.0 Å². The first-order valence-electron chi connectivity index (χ1n) is 1.62. The van der Waals surface area contributed by atoms with Gasteiger partial charge in [-0.25, -0.2) is 0 Å². The second-order valence-corrected chi connectivity index (χ2v) is 0.875. The van der Waals surface area contributed by atoms with Crippen LogP contribution in [0.15, 0.2) is 6.20 Å². The molecule has 0 aliphatic rings. The Morgan fingerprint density at radius 2 is 2.71 bits per heavy atom. The molecule has 0 unspecified atom stereocenters. The Morgan fingerprint density at radius 1 is 1.86 bits per heavy atom. The maximum Gasteiger partial charge on any atom is 0.208 e. The highest BCUT2D eigenvalue weighted by molar-refractivity contribution is 4.74. The van der Waals surface area contributed by atoms with Crippen molar-refractivity contribution in [3.8, 4) is 6.19 Å². The van der Waals surface area contributed by atoms with Crippen LogP contribution in [0, 0.1) is 17.7 Å². The van der Waals surface area contributed by atoms with Crippen molar-refractivity contribution < 1.29 is 0 Å². The molecule has 0 amide bonds.